The standard InChI is InChI=1S/C59H86O23/c1-28(61)36-20-23-59(69)57(36,7)53(79-40(63)17-16-33-14-12-11-13-15-33)51(76-32(5)62)52-56(6)21-19-35(24-34(56)18-22-58(52,59)68)77-41-25-37(70-8)47(29(2)73-41)80-42-26-38(71-9)48(30(3)74-42)81-55-46(67)50(72-10)49(31(4)75-55)82-54-45(66)44(65)43(64)39(27-60)78-54/h11-18,29-31,35-39,41-55,60,64-69H,19-27H2,1-10H3/t29-,30-,31-,35+,36-,37+,38-,39-,41+,42+,43-,44+,45-,46-,47-,48-,49-,50+,51+,52-,53-,54+,55+,56+,57+,58+,59-/m1/s1. The number of rotatable bonds is 17. The lowest BCUT2D eigenvalue weighted by Gasteiger charge is -2.68. The van der Waals surface area contributed by atoms with Crippen molar-refractivity contribution >= 4 is 23.8 Å². The molecule has 0 radical (unpaired) electrons. The van der Waals surface area contributed by atoms with Gasteiger partial charge in [-0.15, -0.1) is 0 Å². The molecule has 460 valence electrons. The monoisotopic (exact) mass is 1160 g/mol. The Morgan fingerprint density at radius 3 is 1.90 bits per heavy atom. The third-order valence-corrected chi connectivity index (χ3v) is 19.6. The van der Waals surface area contributed by atoms with Crippen LogP contribution in [0.3, 0.4) is 0 Å². The molecule has 7 N–H and O–H groups in total. The first-order valence-corrected chi connectivity index (χ1v) is 28.8. The first kappa shape index (κ1) is 63.1. The molecule has 4 aliphatic carbocycles. The van der Waals surface area contributed by atoms with Crippen LogP contribution in [-0.2, 0) is 76.0 Å². The van der Waals surface area contributed by atoms with E-state index in [1.54, 1.807) is 34.0 Å². The van der Waals surface area contributed by atoms with E-state index in [2.05, 4.69) is 0 Å². The van der Waals surface area contributed by atoms with Crippen LogP contribution in [0, 0.1) is 22.7 Å². The zero-order valence-corrected chi connectivity index (χ0v) is 48.4. The summed E-state index contributed by atoms with van der Waals surface area (Å²) in [6, 6.07) is 9.17. The van der Waals surface area contributed by atoms with Gasteiger partial charge in [-0.2, -0.15) is 0 Å². The Hall–Kier alpha value is -3.41. The van der Waals surface area contributed by atoms with Gasteiger partial charge in [0.05, 0.1) is 43.2 Å². The van der Waals surface area contributed by atoms with Crippen LogP contribution in [0.25, 0.3) is 6.08 Å². The number of carbonyl (C=O) groups excluding carboxylic acids is 3. The molecule has 4 aliphatic heterocycles. The summed E-state index contributed by atoms with van der Waals surface area (Å²) in [6.07, 6.45) is -14.6. The van der Waals surface area contributed by atoms with E-state index in [1.165, 1.54) is 34.1 Å². The molecule has 0 aromatic heterocycles. The van der Waals surface area contributed by atoms with Gasteiger partial charge in [0.25, 0.3) is 0 Å². The van der Waals surface area contributed by atoms with Gasteiger partial charge in [-0.1, -0.05) is 55.8 Å². The normalized spacial score (nSPS) is 47.6. The molecule has 0 spiro atoms. The highest BCUT2D eigenvalue weighted by Gasteiger charge is 2.81. The molecule has 27 atom stereocenters. The lowest BCUT2D eigenvalue weighted by Crippen LogP contribution is -2.80. The maximum Gasteiger partial charge on any atom is 0.331 e. The molecule has 23 nitrogen and oxygen atoms in total. The number of aliphatic hydroxyl groups is 7. The Balaban J connectivity index is 0.842. The van der Waals surface area contributed by atoms with Crippen LogP contribution in [0.4, 0.5) is 0 Å². The lowest BCUT2D eigenvalue weighted by molar-refractivity contribution is -0.373. The molecular formula is C59H86O23. The Bertz CT molecular complexity index is 2440. The number of hydrogen-bond donors (Lipinski definition) is 7. The summed E-state index contributed by atoms with van der Waals surface area (Å²) >= 11 is 0. The number of ether oxygens (including phenoxy) is 13. The largest absolute Gasteiger partial charge is 0.458 e. The maximum atomic E-state index is 13.9. The molecule has 23 heteroatoms. The zero-order chi connectivity index (χ0) is 59.4. The molecule has 1 aromatic rings. The minimum absolute atomic E-state index is 0.0183. The molecule has 7 fully saturated rings. The third kappa shape index (κ3) is 11.4. The summed E-state index contributed by atoms with van der Waals surface area (Å²) in [4.78, 5) is 40.6. The van der Waals surface area contributed by atoms with Crippen LogP contribution in [-0.4, -0.2) is 222 Å². The van der Waals surface area contributed by atoms with E-state index in [0.29, 0.717) is 25.7 Å². The molecule has 0 bridgehead atoms. The van der Waals surface area contributed by atoms with E-state index in [-0.39, 0.29) is 37.6 Å². The van der Waals surface area contributed by atoms with Crippen LogP contribution in [0.1, 0.15) is 105 Å². The number of benzene rings is 1. The fourth-order valence-electron chi connectivity index (χ4n) is 15.3. The minimum Gasteiger partial charge on any atom is -0.458 e. The van der Waals surface area contributed by atoms with Crippen molar-refractivity contribution in [3.8, 4) is 0 Å². The predicted octanol–water partition coefficient (Wildman–Crippen LogP) is 1.92. The molecule has 0 amide bonds. The number of carbonyl (C=O) groups is 3. The lowest BCUT2D eigenvalue weighted by atomic mass is 9.42. The number of esters is 2. The average Bonchev–Trinajstić information content (AvgIpc) is 2.08. The maximum absolute atomic E-state index is 13.9. The smallest absolute Gasteiger partial charge is 0.331 e. The highest BCUT2D eigenvalue weighted by atomic mass is 16.8. The molecule has 4 heterocycles. The Kier molecular flexibility index (Phi) is 19.3. The molecule has 8 aliphatic rings. The molecular weight excluding hydrogens is 1080 g/mol. The quantitative estimate of drug-likeness (QED) is 0.0666. The Labute approximate surface area is 478 Å². The molecule has 4 saturated heterocycles. The fraction of sp³-hybridized carbons (Fsp3) is 0.780. The second-order valence-electron chi connectivity index (χ2n) is 24.2. The van der Waals surface area contributed by atoms with Crippen LogP contribution in [0.15, 0.2) is 48.1 Å². The summed E-state index contributed by atoms with van der Waals surface area (Å²) in [5.41, 5.74) is -4.60. The van der Waals surface area contributed by atoms with Crippen molar-refractivity contribution in [1.29, 1.82) is 0 Å². The van der Waals surface area contributed by atoms with Crippen LogP contribution < -0.4 is 0 Å². The predicted molar refractivity (Wildman–Crippen MR) is 284 cm³/mol. The van der Waals surface area contributed by atoms with E-state index in [0.717, 1.165) is 11.1 Å². The molecule has 82 heavy (non-hydrogen) atoms. The van der Waals surface area contributed by atoms with Gasteiger partial charge < -0.3 is 97.3 Å². The number of methoxy groups -OCH3 is 3. The highest BCUT2D eigenvalue weighted by Crippen LogP contribution is 2.70. The fourth-order valence-corrected chi connectivity index (χ4v) is 15.3. The second-order valence-corrected chi connectivity index (χ2v) is 24.2. The topological polar surface area (TPSA) is 313 Å². The van der Waals surface area contributed by atoms with Crippen molar-refractivity contribution in [3.05, 3.63) is 53.6 Å². The van der Waals surface area contributed by atoms with E-state index < -0.39 is 175 Å². The van der Waals surface area contributed by atoms with Crippen molar-refractivity contribution in [1.82, 2.24) is 0 Å². The molecule has 9 rings (SSSR count). The van der Waals surface area contributed by atoms with E-state index in [1.807, 2.05) is 50.3 Å². The minimum atomic E-state index is -1.93. The van der Waals surface area contributed by atoms with Crippen LogP contribution in [0.5, 0.6) is 0 Å². The van der Waals surface area contributed by atoms with Crippen LogP contribution >= 0.6 is 0 Å². The number of Topliss-reactive ketones (excluding diaryl/α,β-unsaturated/α-hetero) is 1. The number of aliphatic hydroxyl groups excluding tert-OH is 5. The summed E-state index contributed by atoms with van der Waals surface area (Å²) in [6.45, 7) is 11.0. The van der Waals surface area contributed by atoms with Crippen molar-refractivity contribution in [2.75, 3.05) is 27.9 Å². The summed E-state index contributed by atoms with van der Waals surface area (Å²) < 4.78 is 80.6. The van der Waals surface area contributed by atoms with Gasteiger partial charge in [-0.3, -0.25) is 9.59 Å². The van der Waals surface area contributed by atoms with Gasteiger partial charge in [0.1, 0.15) is 84.1 Å². The number of fused-ring (bicyclic) bond motifs is 5. The van der Waals surface area contributed by atoms with Gasteiger partial charge >= 0.3 is 11.9 Å². The first-order valence-electron chi connectivity index (χ1n) is 28.8. The van der Waals surface area contributed by atoms with Crippen molar-refractivity contribution < 1.29 is 112 Å². The van der Waals surface area contributed by atoms with Crippen molar-refractivity contribution in [2.24, 2.45) is 22.7 Å². The van der Waals surface area contributed by atoms with Gasteiger partial charge in [0, 0.05) is 64.4 Å². The van der Waals surface area contributed by atoms with E-state index in [4.69, 9.17) is 61.6 Å². The van der Waals surface area contributed by atoms with Crippen molar-refractivity contribution in [2.45, 2.75) is 240 Å². The molecule has 3 saturated carbocycles. The molecule has 0 unspecified atom stereocenters. The first-order chi connectivity index (χ1) is 38.9. The Morgan fingerprint density at radius 2 is 1.29 bits per heavy atom. The SMILES string of the molecule is CO[C@H]1[C@@H](O)[C@H](O[C@@H]2[C@@H](C)O[C@@H](O[C@H]3[C@@H](OC)C[C@H](O[C@H]4CC[C@@]5(C)C(=CC[C@]6(O)[C@@H]5[C@H](OC(C)=O)[C@@H](OC(=O)C=Cc5ccccc5)[C@]5(C)[C@@H](C(C)=O)CC[C@@]56O)C4)O[C@@H]3C)C[C@H]2OC)O[C@H](C)[C@H]1O[C@@H]1O[C@H](CO)[C@@H](O)[C@H](O)[C@H]1O. The Morgan fingerprint density at radius 1 is 0.683 bits per heavy atom. The van der Waals surface area contributed by atoms with Gasteiger partial charge in [-0.05, 0) is 83.3 Å². The second kappa shape index (κ2) is 25.1. The molecule has 1 aromatic carbocycles. The summed E-state index contributed by atoms with van der Waals surface area (Å²) in [7, 11) is 4.46. The summed E-state index contributed by atoms with van der Waals surface area (Å²) in [5, 5.41) is 78.9. The van der Waals surface area contributed by atoms with Crippen LogP contribution in [0.2, 0.25) is 0 Å². The highest BCUT2D eigenvalue weighted by molar-refractivity contribution is 5.87. The van der Waals surface area contributed by atoms with E-state index in [9.17, 15) is 50.1 Å². The zero-order valence-electron chi connectivity index (χ0n) is 48.4. The van der Waals surface area contributed by atoms with Gasteiger partial charge in [0.2, 0.25) is 0 Å². The third-order valence-electron chi connectivity index (χ3n) is 19.6. The van der Waals surface area contributed by atoms with Crippen molar-refractivity contribution in [3.63, 3.8) is 0 Å². The van der Waals surface area contributed by atoms with Gasteiger partial charge in [0.15, 0.2) is 25.2 Å². The van der Waals surface area contributed by atoms with E-state index >= 15 is 0 Å². The summed E-state index contributed by atoms with van der Waals surface area (Å²) in [5.74, 6) is -3.44. The number of ketones is 1. The van der Waals surface area contributed by atoms with Gasteiger partial charge in [-0.25, -0.2) is 4.79 Å². The number of hydrogen-bond acceptors (Lipinski definition) is 23. The average molecular weight is 1160 g/mol.